The first-order valence-corrected chi connectivity index (χ1v) is 15.8. The summed E-state index contributed by atoms with van der Waals surface area (Å²) in [5.74, 6) is -6.19. The minimum atomic E-state index is -5.07. The van der Waals surface area contributed by atoms with E-state index in [1.807, 2.05) is 0 Å². The van der Waals surface area contributed by atoms with Crippen molar-refractivity contribution in [2.45, 2.75) is 27.1 Å². The molecule has 251 valence electrons. The van der Waals surface area contributed by atoms with E-state index in [9.17, 15) is 55.3 Å². The maximum Gasteiger partial charge on any atom is 0.338 e. The summed E-state index contributed by atoms with van der Waals surface area (Å²) in [6, 6.07) is 5.25. The summed E-state index contributed by atoms with van der Waals surface area (Å²) in [7, 11) is -10.1. The maximum atomic E-state index is 12.5. The normalized spacial score (nSPS) is 13.1. The molecule has 0 saturated carbocycles. The summed E-state index contributed by atoms with van der Waals surface area (Å²) in [4.78, 5) is 43.5. The molecule has 0 fully saturated rings. The molecule has 0 aromatic heterocycles. The number of aliphatic carboxylic acids is 2. The molecule has 3 rings (SSSR count). The number of amides is 1. The van der Waals surface area contributed by atoms with Crippen molar-refractivity contribution in [1.82, 2.24) is 5.32 Å². The van der Waals surface area contributed by atoms with Gasteiger partial charge in [0.1, 0.15) is 32.0 Å². The largest absolute Gasteiger partial charge is 0.505 e. The van der Waals surface area contributed by atoms with Crippen LogP contribution < -0.4 is 10.6 Å². The average molecular weight is 797 g/mol. The number of benzene rings is 3. The Labute approximate surface area is 277 Å². The number of azo groups is 1. The van der Waals surface area contributed by atoms with Gasteiger partial charge in [-0.05, 0) is 30.3 Å². The van der Waals surface area contributed by atoms with Crippen molar-refractivity contribution in [3.05, 3.63) is 48.0 Å². The van der Waals surface area contributed by atoms with E-state index in [4.69, 9.17) is 10.2 Å². The zero-order valence-electron chi connectivity index (χ0n) is 22.5. The van der Waals surface area contributed by atoms with Crippen LogP contribution in [0.3, 0.4) is 0 Å². The van der Waals surface area contributed by atoms with Crippen LogP contribution in [-0.4, -0.2) is 87.6 Å². The number of aromatic carboxylic acids is 1. The van der Waals surface area contributed by atoms with Crippen LogP contribution in [0.2, 0.25) is 0 Å². The van der Waals surface area contributed by atoms with Crippen LogP contribution in [0.5, 0.6) is 5.75 Å². The smallest absolute Gasteiger partial charge is 0.338 e. The Kier molecular flexibility index (Phi) is 12.5. The zero-order valence-corrected chi connectivity index (χ0v) is 26.6. The number of carbonyl (C=O) groups is 4. The van der Waals surface area contributed by atoms with E-state index in [-0.39, 0.29) is 29.3 Å². The first-order chi connectivity index (χ1) is 20.8. The zero-order chi connectivity index (χ0) is 33.9. The Morgan fingerprint density at radius 1 is 0.870 bits per heavy atom. The predicted octanol–water partition coefficient (Wildman–Crippen LogP) is 2.37. The van der Waals surface area contributed by atoms with Gasteiger partial charge >= 0.3 is 17.9 Å². The monoisotopic (exact) mass is 795 g/mol. The van der Waals surface area contributed by atoms with Crippen molar-refractivity contribution in [2.24, 2.45) is 10.2 Å². The number of hydrogen-bond acceptors (Lipinski definition) is 12. The summed E-state index contributed by atoms with van der Waals surface area (Å²) in [5.41, 5.74) is -1.79. The molecule has 22 heteroatoms. The topological polar surface area (TPSA) is 307 Å². The molecule has 0 aliphatic heterocycles. The van der Waals surface area contributed by atoms with E-state index in [0.717, 1.165) is 30.3 Å². The van der Waals surface area contributed by atoms with Crippen molar-refractivity contribution in [3.8, 4) is 5.75 Å². The third-order valence-electron chi connectivity index (χ3n) is 5.86. The van der Waals surface area contributed by atoms with Crippen LogP contribution in [0.4, 0.5) is 17.1 Å². The molecule has 3 aromatic carbocycles. The average Bonchev–Trinajstić information content (AvgIpc) is 2.93. The summed E-state index contributed by atoms with van der Waals surface area (Å²) in [6.45, 7) is -0.325. The van der Waals surface area contributed by atoms with Crippen molar-refractivity contribution >= 4 is 87.8 Å². The number of alkyl halides is 1. The number of anilines is 1. The molecule has 0 aliphatic rings. The van der Waals surface area contributed by atoms with Crippen LogP contribution in [-0.2, 0) is 51.7 Å². The fraction of sp³-hybridized carbons (Fsp3) is 0.167. The number of rotatable bonds is 13. The van der Waals surface area contributed by atoms with E-state index < -0.39 is 105 Å². The van der Waals surface area contributed by atoms with Crippen molar-refractivity contribution in [3.63, 3.8) is 0 Å². The van der Waals surface area contributed by atoms with Gasteiger partial charge in [-0.1, -0.05) is 28.1 Å². The Morgan fingerprint density at radius 2 is 1.48 bits per heavy atom. The molecule has 0 bridgehead atoms. The number of phenols is 1. The van der Waals surface area contributed by atoms with Crippen LogP contribution in [0, 0.1) is 0 Å². The third kappa shape index (κ3) is 9.26. The Balaban J connectivity index is 0.00000736. The molecule has 46 heavy (non-hydrogen) atoms. The van der Waals surface area contributed by atoms with Crippen LogP contribution in [0.1, 0.15) is 16.8 Å². The maximum absolute atomic E-state index is 12.5. The molecule has 18 nitrogen and oxygen atoms in total. The van der Waals surface area contributed by atoms with Crippen molar-refractivity contribution < 1.29 is 82.6 Å². The summed E-state index contributed by atoms with van der Waals surface area (Å²) in [6.07, 6.45) is -0.759. The minimum Gasteiger partial charge on any atom is -0.505 e. The standard InChI is InChI=1S/C24H21BrN4O14S2.Cu/c25-13(9-26-16(24(36)37)8-19(30)31)22(33)27-10-4-5-14(12(6-10)23(34)35)28-29-15-7-18(45(41,42)43)11-2-1-3-17(44(38,39)40)20(11)21(15)32;/h1-7,13,16,26,32H,8-9H2,(H,27,33)(H,30,31)(H,34,35)(H,36,37)(H,38,39,40)(H,41,42,43);. The molecule has 1 amide bonds. The second-order valence-electron chi connectivity index (χ2n) is 8.96. The van der Waals surface area contributed by atoms with E-state index >= 15 is 0 Å². The van der Waals surface area contributed by atoms with Gasteiger partial charge in [0.15, 0.2) is 5.75 Å². The molecule has 2 atom stereocenters. The van der Waals surface area contributed by atoms with Gasteiger partial charge in [0.25, 0.3) is 20.2 Å². The summed E-state index contributed by atoms with van der Waals surface area (Å²) < 4.78 is 67.1. The second-order valence-corrected chi connectivity index (χ2v) is 12.8. The number of hydrogen-bond donors (Lipinski definition) is 8. The SMILES string of the molecule is O=C(O)CC(NCC(Br)C(=O)Nc1ccc(N=Nc2cc(S(=O)(=O)O)c3cccc(S(=O)(=O)O)c3c2O)c(C(=O)O)c1)C(=O)O.[Cu]. The van der Waals surface area contributed by atoms with E-state index in [0.29, 0.717) is 6.07 Å². The molecule has 1 radical (unpaired) electrons. The number of carbonyl (C=O) groups excluding carboxylic acids is 1. The predicted molar refractivity (Wildman–Crippen MR) is 156 cm³/mol. The van der Waals surface area contributed by atoms with Crippen LogP contribution in [0.25, 0.3) is 10.8 Å². The molecule has 8 N–H and O–H groups in total. The van der Waals surface area contributed by atoms with Gasteiger partial charge in [0.2, 0.25) is 5.91 Å². The number of aromatic hydroxyl groups is 1. The van der Waals surface area contributed by atoms with Crippen LogP contribution >= 0.6 is 15.9 Å². The number of nitrogens with one attached hydrogen (secondary N) is 2. The van der Waals surface area contributed by atoms with Gasteiger partial charge < -0.3 is 31.1 Å². The molecule has 2 unspecified atom stereocenters. The van der Waals surface area contributed by atoms with Crippen molar-refractivity contribution in [1.29, 1.82) is 0 Å². The summed E-state index contributed by atoms with van der Waals surface area (Å²) in [5, 5.41) is 49.2. The molecule has 0 heterocycles. The Morgan fingerprint density at radius 3 is 2.02 bits per heavy atom. The van der Waals surface area contributed by atoms with Crippen LogP contribution in [0.15, 0.2) is 62.5 Å². The number of carboxylic acids is 3. The number of halogens is 1. The van der Waals surface area contributed by atoms with Gasteiger partial charge in [-0.15, -0.1) is 10.2 Å². The first kappa shape index (κ1) is 38.2. The first-order valence-electron chi connectivity index (χ1n) is 12.0. The Hall–Kier alpha value is -4.02. The van der Waals surface area contributed by atoms with Gasteiger partial charge in [-0.25, -0.2) is 4.79 Å². The van der Waals surface area contributed by atoms with E-state index in [1.165, 1.54) is 6.07 Å². The molecular formula is C24H21BrCuN4O14S2. The van der Waals surface area contributed by atoms with E-state index in [1.54, 1.807) is 0 Å². The fourth-order valence-corrected chi connectivity index (χ4v) is 5.57. The molecule has 0 saturated heterocycles. The summed E-state index contributed by atoms with van der Waals surface area (Å²) >= 11 is 3.02. The molecule has 3 aromatic rings. The second kappa shape index (κ2) is 15.0. The van der Waals surface area contributed by atoms with Gasteiger partial charge in [-0.3, -0.25) is 23.5 Å². The van der Waals surface area contributed by atoms with E-state index in [2.05, 4.69) is 36.8 Å². The van der Waals surface area contributed by atoms with Gasteiger partial charge in [0, 0.05) is 40.1 Å². The molecule has 0 aliphatic carbocycles. The van der Waals surface area contributed by atoms with Gasteiger partial charge in [-0.2, -0.15) is 16.8 Å². The fourth-order valence-electron chi connectivity index (χ4n) is 3.84. The van der Waals surface area contributed by atoms with Gasteiger partial charge in [0.05, 0.1) is 12.0 Å². The Bertz CT molecular complexity index is 1970. The number of carboxylic acid groups (broad SMARTS) is 3. The number of phenolic OH excluding ortho intramolecular Hbond substituents is 1. The quantitative estimate of drug-likeness (QED) is 0.0533. The molecule has 0 spiro atoms. The third-order valence-corrected chi connectivity index (χ3v) is 8.39. The minimum absolute atomic E-state index is 0. The number of fused-ring (bicyclic) bond motifs is 1. The molecular weight excluding hydrogens is 776 g/mol. The van der Waals surface area contributed by atoms with Crippen molar-refractivity contribution in [2.75, 3.05) is 11.9 Å². The number of nitrogens with zero attached hydrogens (tertiary/aromatic N) is 2.